The highest BCUT2D eigenvalue weighted by molar-refractivity contribution is 7.15. The minimum atomic E-state index is -0.985. The molecule has 3 rings (SSSR count). The average molecular weight is 342 g/mol. The van der Waals surface area contributed by atoms with E-state index in [0.717, 1.165) is 22.3 Å². The first-order valence-electron chi connectivity index (χ1n) is 7.13. The first-order chi connectivity index (χ1) is 11.5. The standard InChI is InChI=1S/C17H14N2O4S/c1-9-11-5-3-4-6-12(11)23-15(9)16(20)19-18-10(2)13-7-8-14(24-13)17(21)22/h3-8H,1-2H3,(H,19,20)(H,21,22)/b18-10-. The minimum Gasteiger partial charge on any atom is -0.477 e. The summed E-state index contributed by atoms with van der Waals surface area (Å²) in [6.07, 6.45) is 0. The predicted molar refractivity (Wildman–Crippen MR) is 91.9 cm³/mol. The number of thiophene rings is 1. The summed E-state index contributed by atoms with van der Waals surface area (Å²) in [5.41, 5.74) is 4.37. The van der Waals surface area contributed by atoms with E-state index in [1.807, 2.05) is 25.1 Å². The Bertz CT molecular complexity index is 968. The Balaban J connectivity index is 1.80. The maximum Gasteiger partial charge on any atom is 0.345 e. The molecule has 0 atom stereocenters. The van der Waals surface area contributed by atoms with E-state index in [0.29, 0.717) is 16.2 Å². The van der Waals surface area contributed by atoms with Gasteiger partial charge >= 0.3 is 11.9 Å². The largest absolute Gasteiger partial charge is 0.477 e. The third-order valence-corrected chi connectivity index (χ3v) is 4.73. The number of hydrogen-bond donors (Lipinski definition) is 2. The first-order valence-corrected chi connectivity index (χ1v) is 7.95. The predicted octanol–water partition coefficient (Wildman–Crippen LogP) is 3.65. The van der Waals surface area contributed by atoms with E-state index in [9.17, 15) is 9.59 Å². The van der Waals surface area contributed by atoms with E-state index in [1.54, 1.807) is 19.1 Å². The zero-order valence-electron chi connectivity index (χ0n) is 13.0. The van der Waals surface area contributed by atoms with Crippen molar-refractivity contribution in [2.45, 2.75) is 13.8 Å². The summed E-state index contributed by atoms with van der Waals surface area (Å²) in [5, 5.41) is 13.8. The SMILES string of the molecule is C/C(=N/NC(=O)c1oc2ccccc2c1C)c1ccc(C(=O)O)s1. The molecule has 0 fully saturated rings. The number of fused-ring (bicyclic) bond motifs is 1. The van der Waals surface area contributed by atoms with Crippen LogP contribution in [0.1, 0.15) is 37.6 Å². The number of para-hydroxylation sites is 1. The van der Waals surface area contributed by atoms with E-state index in [1.165, 1.54) is 6.07 Å². The molecule has 6 nitrogen and oxygen atoms in total. The van der Waals surface area contributed by atoms with E-state index >= 15 is 0 Å². The smallest absolute Gasteiger partial charge is 0.345 e. The molecule has 2 heterocycles. The highest BCUT2D eigenvalue weighted by Crippen LogP contribution is 2.24. The summed E-state index contributed by atoms with van der Waals surface area (Å²) in [5.74, 6) is -1.22. The van der Waals surface area contributed by atoms with Crippen molar-refractivity contribution in [3.63, 3.8) is 0 Å². The number of carboxylic acid groups (broad SMARTS) is 1. The topological polar surface area (TPSA) is 91.9 Å². The summed E-state index contributed by atoms with van der Waals surface area (Å²) in [6, 6.07) is 10.6. The summed E-state index contributed by atoms with van der Waals surface area (Å²) in [7, 11) is 0. The molecular formula is C17H14N2O4S. The van der Waals surface area contributed by atoms with Gasteiger partial charge in [0.1, 0.15) is 10.5 Å². The molecule has 0 aliphatic rings. The Morgan fingerprint density at radius 2 is 1.88 bits per heavy atom. The van der Waals surface area contributed by atoms with Gasteiger partial charge in [0.25, 0.3) is 0 Å². The molecule has 24 heavy (non-hydrogen) atoms. The van der Waals surface area contributed by atoms with E-state index < -0.39 is 11.9 Å². The van der Waals surface area contributed by atoms with Gasteiger partial charge in [-0.15, -0.1) is 11.3 Å². The lowest BCUT2D eigenvalue weighted by molar-refractivity contribution is 0.0702. The summed E-state index contributed by atoms with van der Waals surface area (Å²) < 4.78 is 5.58. The van der Waals surface area contributed by atoms with Crippen LogP contribution in [0.25, 0.3) is 11.0 Å². The lowest BCUT2D eigenvalue weighted by atomic mass is 10.1. The van der Waals surface area contributed by atoms with Crippen molar-refractivity contribution >= 4 is 39.9 Å². The number of furan rings is 1. The summed E-state index contributed by atoms with van der Waals surface area (Å²) in [4.78, 5) is 24.1. The van der Waals surface area contributed by atoms with Gasteiger partial charge in [0.15, 0.2) is 5.76 Å². The molecule has 0 aliphatic carbocycles. The number of nitrogens with one attached hydrogen (secondary N) is 1. The number of rotatable bonds is 4. The van der Waals surface area contributed by atoms with Crippen LogP contribution in [0.5, 0.6) is 0 Å². The van der Waals surface area contributed by atoms with E-state index in [-0.39, 0.29) is 10.6 Å². The molecule has 3 aromatic rings. The van der Waals surface area contributed by atoms with Crippen LogP contribution in [0.4, 0.5) is 0 Å². The molecule has 0 unspecified atom stereocenters. The van der Waals surface area contributed by atoms with Gasteiger partial charge in [-0.25, -0.2) is 10.2 Å². The molecule has 0 aliphatic heterocycles. The van der Waals surface area contributed by atoms with Crippen LogP contribution in [0, 0.1) is 6.92 Å². The van der Waals surface area contributed by atoms with Gasteiger partial charge in [-0.3, -0.25) is 4.79 Å². The molecule has 0 saturated heterocycles. The van der Waals surface area contributed by atoms with Gasteiger partial charge in [0.2, 0.25) is 0 Å². The molecule has 122 valence electrons. The third-order valence-electron chi connectivity index (χ3n) is 3.55. The minimum absolute atomic E-state index is 0.213. The number of nitrogens with zero attached hydrogens (tertiary/aromatic N) is 1. The van der Waals surface area contributed by atoms with E-state index in [2.05, 4.69) is 10.5 Å². The summed E-state index contributed by atoms with van der Waals surface area (Å²) in [6.45, 7) is 3.51. The van der Waals surface area contributed by atoms with Gasteiger partial charge in [0, 0.05) is 10.9 Å². The van der Waals surface area contributed by atoms with Crippen LogP contribution < -0.4 is 5.43 Å². The van der Waals surface area contributed by atoms with Crippen LogP contribution in [0.2, 0.25) is 0 Å². The van der Waals surface area contributed by atoms with E-state index in [4.69, 9.17) is 9.52 Å². The lowest BCUT2D eigenvalue weighted by Crippen LogP contribution is -2.19. The Morgan fingerprint density at radius 1 is 1.17 bits per heavy atom. The van der Waals surface area contributed by atoms with Crippen LogP contribution in [-0.2, 0) is 0 Å². The second kappa shape index (κ2) is 6.29. The number of amides is 1. The second-order valence-electron chi connectivity index (χ2n) is 5.16. The molecule has 0 saturated carbocycles. The zero-order chi connectivity index (χ0) is 17.3. The van der Waals surface area contributed by atoms with Gasteiger partial charge < -0.3 is 9.52 Å². The average Bonchev–Trinajstić information content (AvgIpc) is 3.18. The maximum absolute atomic E-state index is 12.3. The number of carboxylic acids is 1. The van der Waals surface area contributed by atoms with Gasteiger partial charge in [0.05, 0.1) is 10.6 Å². The molecule has 0 spiro atoms. The lowest BCUT2D eigenvalue weighted by Gasteiger charge is -1.99. The van der Waals surface area contributed by atoms with Gasteiger partial charge in [-0.2, -0.15) is 5.10 Å². The number of aromatic carboxylic acids is 1. The second-order valence-corrected chi connectivity index (χ2v) is 6.24. The van der Waals surface area contributed by atoms with Crippen LogP contribution in [0.3, 0.4) is 0 Å². The van der Waals surface area contributed by atoms with Crippen molar-refractivity contribution in [2.75, 3.05) is 0 Å². The number of hydrogen-bond acceptors (Lipinski definition) is 5. The fraction of sp³-hybridized carbons (Fsp3) is 0.118. The normalized spacial score (nSPS) is 11.7. The van der Waals surface area contributed by atoms with Crippen molar-refractivity contribution < 1.29 is 19.1 Å². The first kappa shape index (κ1) is 15.9. The summed E-state index contributed by atoms with van der Waals surface area (Å²) >= 11 is 1.10. The number of carbonyl (C=O) groups is 2. The Labute approximate surface area is 141 Å². The molecule has 1 aromatic carbocycles. The van der Waals surface area contributed by atoms with Gasteiger partial charge in [-0.05, 0) is 32.0 Å². The fourth-order valence-electron chi connectivity index (χ4n) is 2.28. The van der Waals surface area contributed by atoms with Crippen molar-refractivity contribution in [3.8, 4) is 0 Å². The molecule has 2 N–H and O–H groups in total. The molecule has 0 radical (unpaired) electrons. The monoisotopic (exact) mass is 342 g/mol. The number of benzene rings is 1. The Kier molecular flexibility index (Phi) is 4.18. The van der Waals surface area contributed by atoms with Crippen molar-refractivity contribution in [1.82, 2.24) is 5.43 Å². The number of aryl methyl sites for hydroxylation is 1. The quantitative estimate of drug-likeness (QED) is 0.559. The van der Waals surface area contributed by atoms with Crippen LogP contribution in [-0.4, -0.2) is 22.7 Å². The molecule has 2 aromatic heterocycles. The van der Waals surface area contributed by atoms with Crippen molar-refractivity contribution in [3.05, 3.63) is 57.5 Å². The number of carbonyl (C=O) groups excluding carboxylic acids is 1. The molecule has 7 heteroatoms. The third kappa shape index (κ3) is 2.93. The van der Waals surface area contributed by atoms with Crippen LogP contribution >= 0.6 is 11.3 Å². The Hall–Kier alpha value is -2.93. The van der Waals surface area contributed by atoms with Crippen molar-refractivity contribution in [1.29, 1.82) is 0 Å². The fourth-order valence-corrected chi connectivity index (χ4v) is 3.07. The van der Waals surface area contributed by atoms with Crippen molar-refractivity contribution in [2.24, 2.45) is 5.10 Å². The zero-order valence-corrected chi connectivity index (χ0v) is 13.8. The molecule has 1 amide bonds. The Morgan fingerprint density at radius 3 is 2.54 bits per heavy atom. The molecular weight excluding hydrogens is 328 g/mol. The number of hydrazone groups is 1. The highest BCUT2D eigenvalue weighted by Gasteiger charge is 2.17. The molecule has 0 bridgehead atoms. The maximum atomic E-state index is 12.3. The van der Waals surface area contributed by atoms with Crippen LogP contribution in [0.15, 0.2) is 45.9 Å². The van der Waals surface area contributed by atoms with Gasteiger partial charge in [-0.1, -0.05) is 18.2 Å². The highest BCUT2D eigenvalue weighted by atomic mass is 32.1.